The predicted molar refractivity (Wildman–Crippen MR) is 79.8 cm³/mol. The van der Waals surface area contributed by atoms with E-state index < -0.39 is 11.5 Å². The Hall–Kier alpha value is -1.36. The molecule has 20 heavy (non-hydrogen) atoms. The Bertz CT molecular complexity index is 558. The zero-order chi connectivity index (χ0) is 14.9. The number of piperidine rings is 1. The van der Waals surface area contributed by atoms with Gasteiger partial charge >= 0.3 is 5.97 Å². The van der Waals surface area contributed by atoms with E-state index in [4.69, 9.17) is 0 Å². The first-order valence-corrected chi connectivity index (χ1v) is 7.47. The lowest BCUT2D eigenvalue weighted by Crippen LogP contribution is -2.57. The molecule has 0 radical (unpaired) electrons. The van der Waals surface area contributed by atoms with Crippen LogP contribution >= 0.6 is 15.9 Å². The molecule has 0 spiro atoms. The van der Waals surface area contributed by atoms with E-state index in [2.05, 4.69) is 15.9 Å². The molecule has 5 heteroatoms. The normalized spacial score (nSPS) is 22.6. The van der Waals surface area contributed by atoms with Crippen LogP contribution in [0.3, 0.4) is 0 Å². The van der Waals surface area contributed by atoms with Gasteiger partial charge in [0.05, 0.1) is 0 Å². The number of rotatable bonds is 2. The summed E-state index contributed by atoms with van der Waals surface area (Å²) in [5.41, 5.74) is 0.463. The van der Waals surface area contributed by atoms with Crippen LogP contribution in [0.5, 0.6) is 0 Å². The van der Waals surface area contributed by atoms with Gasteiger partial charge in [0.1, 0.15) is 5.54 Å². The molecule has 2 rings (SSSR count). The smallest absolute Gasteiger partial charge is 0.329 e. The summed E-state index contributed by atoms with van der Waals surface area (Å²) < 4.78 is 0.859. The fraction of sp³-hybridized carbons (Fsp3) is 0.467. The minimum absolute atomic E-state index is 0.213. The maximum absolute atomic E-state index is 12.6. The molecule has 4 nitrogen and oxygen atoms in total. The number of carbonyl (C=O) groups excluding carboxylic acids is 1. The summed E-state index contributed by atoms with van der Waals surface area (Å²) >= 11 is 3.41. The Morgan fingerprint density at radius 1 is 1.35 bits per heavy atom. The van der Waals surface area contributed by atoms with Crippen molar-refractivity contribution in [3.63, 3.8) is 0 Å². The third kappa shape index (κ3) is 2.59. The highest BCUT2D eigenvalue weighted by molar-refractivity contribution is 9.10. The molecule has 1 saturated heterocycles. The fourth-order valence-corrected chi connectivity index (χ4v) is 2.93. The molecule has 0 aromatic heterocycles. The summed E-state index contributed by atoms with van der Waals surface area (Å²) in [6.07, 6.45) is 2.19. The van der Waals surface area contributed by atoms with Gasteiger partial charge in [-0.15, -0.1) is 0 Å². The Morgan fingerprint density at radius 2 is 2.05 bits per heavy atom. The third-order valence-electron chi connectivity index (χ3n) is 4.02. The first kappa shape index (κ1) is 15.0. The van der Waals surface area contributed by atoms with E-state index in [0.29, 0.717) is 18.5 Å². The molecule has 0 aliphatic carbocycles. The molecule has 1 amide bonds. The summed E-state index contributed by atoms with van der Waals surface area (Å²) in [6.45, 7) is 4.07. The van der Waals surface area contributed by atoms with Gasteiger partial charge in [-0.1, -0.05) is 22.0 Å². The van der Waals surface area contributed by atoms with E-state index in [1.807, 2.05) is 13.0 Å². The highest BCUT2D eigenvalue weighted by Crippen LogP contribution is 2.30. The van der Waals surface area contributed by atoms with E-state index >= 15 is 0 Å². The van der Waals surface area contributed by atoms with E-state index in [0.717, 1.165) is 22.9 Å². The molecule has 1 aromatic carbocycles. The zero-order valence-corrected chi connectivity index (χ0v) is 13.2. The van der Waals surface area contributed by atoms with Crippen LogP contribution < -0.4 is 0 Å². The van der Waals surface area contributed by atoms with E-state index in [-0.39, 0.29) is 5.91 Å². The van der Waals surface area contributed by atoms with Gasteiger partial charge in [0.2, 0.25) is 0 Å². The highest BCUT2D eigenvalue weighted by atomic mass is 79.9. The Labute approximate surface area is 126 Å². The van der Waals surface area contributed by atoms with Crippen molar-refractivity contribution in [2.45, 2.75) is 38.6 Å². The van der Waals surface area contributed by atoms with Gasteiger partial charge in [-0.25, -0.2) is 4.79 Å². The van der Waals surface area contributed by atoms with Crippen molar-refractivity contribution in [3.8, 4) is 0 Å². The number of aliphatic carboxylic acids is 1. The largest absolute Gasteiger partial charge is 0.480 e. The van der Waals surface area contributed by atoms with Crippen molar-refractivity contribution < 1.29 is 14.7 Å². The second kappa shape index (κ2) is 5.56. The number of halogens is 1. The van der Waals surface area contributed by atoms with Crippen LogP contribution in [0.15, 0.2) is 22.7 Å². The number of carboxylic acids is 1. The summed E-state index contributed by atoms with van der Waals surface area (Å²) in [4.78, 5) is 25.7. The SMILES string of the molecule is Cc1ccc(C(=O)N2CCCCC2(C)C(=O)O)cc1Br. The van der Waals surface area contributed by atoms with Crippen molar-refractivity contribution >= 4 is 27.8 Å². The van der Waals surface area contributed by atoms with Crippen molar-refractivity contribution in [2.75, 3.05) is 6.54 Å². The van der Waals surface area contributed by atoms with Crippen LogP contribution in [0.2, 0.25) is 0 Å². The van der Waals surface area contributed by atoms with Crippen molar-refractivity contribution in [1.82, 2.24) is 4.90 Å². The van der Waals surface area contributed by atoms with Gasteiger partial charge in [-0.2, -0.15) is 0 Å². The molecule has 1 heterocycles. The molecule has 1 fully saturated rings. The minimum atomic E-state index is -1.10. The average molecular weight is 340 g/mol. The van der Waals surface area contributed by atoms with Crippen molar-refractivity contribution in [1.29, 1.82) is 0 Å². The number of aryl methyl sites for hydroxylation is 1. The lowest BCUT2D eigenvalue weighted by atomic mass is 9.88. The molecule has 108 valence electrons. The number of carbonyl (C=O) groups is 2. The quantitative estimate of drug-likeness (QED) is 0.899. The number of amides is 1. The predicted octanol–water partition coefficient (Wildman–Crippen LogP) is 3.23. The first-order chi connectivity index (χ1) is 9.36. The molecule has 1 aliphatic heterocycles. The fourth-order valence-electron chi connectivity index (χ4n) is 2.55. The lowest BCUT2D eigenvalue weighted by molar-refractivity contribution is -0.150. The van der Waals surface area contributed by atoms with Gasteiger partial charge < -0.3 is 10.0 Å². The number of carboxylic acid groups (broad SMARTS) is 1. The summed E-state index contributed by atoms with van der Waals surface area (Å²) in [7, 11) is 0. The second-order valence-corrected chi connectivity index (χ2v) is 6.31. The van der Waals surface area contributed by atoms with Crippen LogP contribution in [0, 0.1) is 6.92 Å². The standard InChI is InChI=1S/C15H18BrNO3/c1-10-5-6-11(9-12(10)16)13(18)17-8-4-3-7-15(17,2)14(19)20/h5-6,9H,3-4,7-8H2,1-2H3,(H,19,20). The molecule has 1 aromatic rings. The topological polar surface area (TPSA) is 57.6 Å². The van der Waals surface area contributed by atoms with Crippen molar-refractivity contribution in [2.24, 2.45) is 0 Å². The van der Waals surface area contributed by atoms with E-state index in [1.54, 1.807) is 19.1 Å². The number of nitrogens with zero attached hydrogens (tertiary/aromatic N) is 1. The molecule has 1 atom stereocenters. The lowest BCUT2D eigenvalue weighted by Gasteiger charge is -2.41. The Morgan fingerprint density at radius 3 is 2.65 bits per heavy atom. The molecule has 0 saturated carbocycles. The van der Waals surface area contributed by atoms with Crippen LogP contribution in [-0.2, 0) is 4.79 Å². The Balaban J connectivity index is 2.35. The van der Waals surface area contributed by atoms with Crippen LogP contribution in [0.25, 0.3) is 0 Å². The number of hydrogen-bond donors (Lipinski definition) is 1. The third-order valence-corrected chi connectivity index (χ3v) is 4.87. The van der Waals surface area contributed by atoms with Crippen LogP contribution in [-0.4, -0.2) is 34.0 Å². The number of benzene rings is 1. The average Bonchev–Trinajstić information content (AvgIpc) is 2.41. The maximum Gasteiger partial charge on any atom is 0.329 e. The van der Waals surface area contributed by atoms with Gasteiger partial charge in [0.15, 0.2) is 0 Å². The molecule has 1 N–H and O–H groups in total. The van der Waals surface area contributed by atoms with Crippen LogP contribution in [0.1, 0.15) is 42.1 Å². The van der Waals surface area contributed by atoms with Crippen molar-refractivity contribution in [3.05, 3.63) is 33.8 Å². The molecule has 1 unspecified atom stereocenters. The summed E-state index contributed by atoms with van der Waals surface area (Å²) in [5, 5.41) is 9.46. The molecule has 1 aliphatic rings. The molecular weight excluding hydrogens is 322 g/mol. The minimum Gasteiger partial charge on any atom is -0.480 e. The monoisotopic (exact) mass is 339 g/mol. The van der Waals surface area contributed by atoms with Gasteiger partial charge in [-0.3, -0.25) is 4.79 Å². The zero-order valence-electron chi connectivity index (χ0n) is 11.6. The van der Waals surface area contributed by atoms with E-state index in [1.165, 1.54) is 4.90 Å². The van der Waals surface area contributed by atoms with E-state index in [9.17, 15) is 14.7 Å². The maximum atomic E-state index is 12.6. The van der Waals surface area contributed by atoms with Gasteiger partial charge in [0, 0.05) is 16.6 Å². The van der Waals surface area contributed by atoms with Gasteiger partial charge in [0.25, 0.3) is 5.91 Å². The summed E-state index contributed by atoms with van der Waals surface area (Å²) in [5.74, 6) is -1.15. The second-order valence-electron chi connectivity index (χ2n) is 5.46. The molecular formula is C15H18BrNO3. The first-order valence-electron chi connectivity index (χ1n) is 6.68. The number of hydrogen-bond acceptors (Lipinski definition) is 2. The highest BCUT2D eigenvalue weighted by Gasteiger charge is 2.44. The van der Waals surface area contributed by atoms with Gasteiger partial charge in [-0.05, 0) is 50.8 Å². The summed E-state index contributed by atoms with van der Waals surface area (Å²) in [6, 6.07) is 5.37. The molecule has 0 bridgehead atoms. The van der Waals surface area contributed by atoms with Crippen LogP contribution in [0.4, 0.5) is 0 Å². The Kier molecular flexibility index (Phi) is 4.18. The number of likely N-dealkylation sites (tertiary alicyclic amines) is 1.